The number of rotatable bonds is 3. The van der Waals surface area contributed by atoms with Gasteiger partial charge in [-0.3, -0.25) is 0 Å². The molecule has 2 atom stereocenters. The third-order valence-electron chi connectivity index (χ3n) is 3.27. The van der Waals surface area contributed by atoms with Crippen molar-refractivity contribution in [3.8, 4) is 0 Å². The van der Waals surface area contributed by atoms with Gasteiger partial charge >= 0.3 is 8.53 Å². The van der Waals surface area contributed by atoms with Crippen LogP contribution >= 0.6 is 8.53 Å². The molecule has 2 unspecified atom stereocenters. The highest BCUT2D eigenvalue weighted by atomic mass is 31.2. The minimum absolute atomic E-state index is 0.210. The molecule has 1 fully saturated rings. The molecule has 4 heteroatoms. The summed E-state index contributed by atoms with van der Waals surface area (Å²) in [5, 5.41) is 0. The van der Waals surface area contributed by atoms with Crippen molar-refractivity contribution in [2.24, 2.45) is 4.76 Å². The first-order valence-corrected chi connectivity index (χ1v) is 8.25. The van der Waals surface area contributed by atoms with Crippen LogP contribution in [0.5, 0.6) is 0 Å². The van der Waals surface area contributed by atoms with E-state index in [0.29, 0.717) is 6.61 Å². The summed E-state index contributed by atoms with van der Waals surface area (Å²) in [5.74, 6) is 0. The molecule has 3 rings (SSSR count). The van der Waals surface area contributed by atoms with Crippen LogP contribution in [0.2, 0.25) is 0 Å². The first kappa shape index (κ1) is 14.4. The Morgan fingerprint density at radius 3 is 2.10 bits per heavy atom. The maximum atomic E-state index is 5.81. The van der Waals surface area contributed by atoms with Gasteiger partial charge < -0.3 is 9.05 Å². The molecule has 1 saturated heterocycles. The smallest absolute Gasteiger partial charge is 0.311 e. The molecule has 108 valence electrons. The van der Waals surface area contributed by atoms with E-state index in [2.05, 4.69) is 31.2 Å². The summed E-state index contributed by atoms with van der Waals surface area (Å²) >= 11 is 0. The lowest BCUT2D eigenvalue weighted by atomic mass is 10.0. The van der Waals surface area contributed by atoms with E-state index in [9.17, 15) is 0 Å². The Bertz CT molecular complexity index is 559. The molecule has 2 aromatic rings. The lowest BCUT2D eigenvalue weighted by Gasteiger charge is -2.24. The van der Waals surface area contributed by atoms with Crippen molar-refractivity contribution in [1.29, 1.82) is 0 Å². The molecular formula is C17H18NO2P. The molecule has 0 N–H and O–H groups in total. The number of benzene rings is 2. The van der Waals surface area contributed by atoms with Crippen molar-refractivity contribution in [1.82, 2.24) is 0 Å². The van der Waals surface area contributed by atoms with Gasteiger partial charge in [0.05, 0.1) is 18.4 Å². The topological polar surface area (TPSA) is 30.8 Å². The molecule has 0 saturated carbocycles. The van der Waals surface area contributed by atoms with Crippen molar-refractivity contribution in [2.45, 2.75) is 19.4 Å². The van der Waals surface area contributed by atoms with Gasteiger partial charge in [0.15, 0.2) is 0 Å². The van der Waals surface area contributed by atoms with Crippen LogP contribution in [0.3, 0.4) is 0 Å². The fourth-order valence-electron chi connectivity index (χ4n) is 2.14. The van der Waals surface area contributed by atoms with E-state index in [-0.39, 0.29) is 6.10 Å². The normalized spacial score (nSPS) is 21.8. The number of hydrogen-bond donors (Lipinski definition) is 0. The minimum atomic E-state index is -1.21. The Kier molecular flexibility index (Phi) is 4.76. The molecule has 0 radical (unpaired) electrons. The maximum absolute atomic E-state index is 5.81. The van der Waals surface area contributed by atoms with Crippen molar-refractivity contribution >= 4 is 14.2 Å². The lowest BCUT2D eigenvalue weighted by Crippen LogP contribution is -2.15. The van der Waals surface area contributed by atoms with Crippen molar-refractivity contribution in [3.05, 3.63) is 71.8 Å². The fraction of sp³-hybridized carbons (Fsp3) is 0.235. The van der Waals surface area contributed by atoms with Gasteiger partial charge in [0.2, 0.25) is 0 Å². The lowest BCUT2D eigenvalue weighted by molar-refractivity contribution is 0.121. The van der Waals surface area contributed by atoms with Crippen LogP contribution in [0.15, 0.2) is 65.4 Å². The van der Waals surface area contributed by atoms with Crippen LogP contribution in [0.1, 0.15) is 24.5 Å². The van der Waals surface area contributed by atoms with Crippen LogP contribution in [0.4, 0.5) is 0 Å². The second-order valence-corrected chi connectivity index (χ2v) is 6.10. The monoisotopic (exact) mass is 299 g/mol. The molecule has 2 aromatic carbocycles. The second kappa shape index (κ2) is 6.95. The van der Waals surface area contributed by atoms with Crippen LogP contribution in [0.25, 0.3) is 0 Å². The fourth-order valence-corrected chi connectivity index (χ4v) is 3.38. The van der Waals surface area contributed by atoms with Gasteiger partial charge in [0.1, 0.15) is 0 Å². The van der Waals surface area contributed by atoms with Crippen LogP contribution < -0.4 is 0 Å². The second-order valence-electron chi connectivity index (χ2n) is 4.96. The zero-order valence-electron chi connectivity index (χ0n) is 12.0. The first-order chi connectivity index (χ1) is 10.3. The summed E-state index contributed by atoms with van der Waals surface area (Å²) in [6, 6.07) is 20.4. The van der Waals surface area contributed by atoms with Gasteiger partial charge in [-0.1, -0.05) is 60.7 Å². The summed E-state index contributed by atoms with van der Waals surface area (Å²) in [7, 11) is -1.21. The van der Waals surface area contributed by atoms with E-state index in [1.165, 1.54) is 0 Å². The molecule has 0 aromatic heterocycles. The van der Waals surface area contributed by atoms with E-state index in [4.69, 9.17) is 13.8 Å². The molecule has 1 aliphatic heterocycles. The van der Waals surface area contributed by atoms with Crippen molar-refractivity contribution in [2.75, 3.05) is 6.61 Å². The summed E-state index contributed by atoms with van der Waals surface area (Å²) < 4.78 is 16.3. The Hall–Kier alpha value is -1.54. The SMILES string of the molecule is CC1CCOP(N=C(c2ccccc2)c2ccccc2)O1. The zero-order chi connectivity index (χ0) is 14.5. The van der Waals surface area contributed by atoms with Crippen molar-refractivity contribution in [3.63, 3.8) is 0 Å². The van der Waals surface area contributed by atoms with E-state index < -0.39 is 8.53 Å². The van der Waals surface area contributed by atoms with Gasteiger partial charge in [-0.2, -0.15) is 0 Å². The molecule has 3 nitrogen and oxygen atoms in total. The molecule has 0 bridgehead atoms. The van der Waals surface area contributed by atoms with E-state index >= 15 is 0 Å². The third kappa shape index (κ3) is 3.76. The minimum Gasteiger partial charge on any atom is -0.316 e. The Morgan fingerprint density at radius 1 is 1.00 bits per heavy atom. The molecule has 21 heavy (non-hydrogen) atoms. The highest BCUT2D eigenvalue weighted by Gasteiger charge is 2.22. The number of hydrogen-bond acceptors (Lipinski definition) is 3. The van der Waals surface area contributed by atoms with Gasteiger partial charge in [0.25, 0.3) is 0 Å². The maximum Gasteiger partial charge on any atom is 0.311 e. The predicted octanol–water partition coefficient (Wildman–Crippen LogP) is 4.58. The highest BCUT2D eigenvalue weighted by Crippen LogP contribution is 2.46. The van der Waals surface area contributed by atoms with Crippen LogP contribution in [-0.4, -0.2) is 18.4 Å². The number of nitrogens with zero attached hydrogens (tertiary/aromatic N) is 1. The Balaban J connectivity index is 1.96. The zero-order valence-corrected chi connectivity index (χ0v) is 12.9. The average molecular weight is 299 g/mol. The summed E-state index contributed by atoms with van der Waals surface area (Å²) in [5.41, 5.74) is 3.09. The molecular weight excluding hydrogens is 281 g/mol. The van der Waals surface area contributed by atoms with Gasteiger partial charge in [0, 0.05) is 11.1 Å². The van der Waals surface area contributed by atoms with Gasteiger partial charge in [-0.25, -0.2) is 4.76 Å². The molecule has 0 amide bonds. The Morgan fingerprint density at radius 2 is 1.57 bits per heavy atom. The third-order valence-corrected chi connectivity index (χ3v) is 4.58. The van der Waals surface area contributed by atoms with Crippen molar-refractivity contribution < 1.29 is 9.05 Å². The van der Waals surface area contributed by atoms with Crippen LogP contribution in [0, 0.1) is 0 Å². The summed E-state index contributed by atoms with van der Waals surface area (Å²) in [4.78, 5) is 0. The summed E-state index contributed by atoms with van der Waals surface area (Å²) in [6.07, 6.45) is 1.14. The standard InChI is InChI=1S/C17H18NO2P/c1-14-12-13-19-21(20-14)18-17(15-8-4-2-5-9-15)16-10-6-3-7-11-16/h2-11,14H,12-13H2,1H3. The summed E-state index contributed by atoms with van der Waals surface area (Å²) in [6.45, 7) is 2.78. The predicted molar refractivity (Wildman–Crippen MR) is 86.6 cm³/mol. The van der Waals surface area contributed by atoms with Gasteiger partial charge in [-0.15, -0.1) is 0 Å². The van der Waals surface area contributed by atoms with Crippen LogP contribution in [-0.2, 0) is 9.05 Å². The first-order valence-electron chi connectivity index (χ1n) is 7.12. The highest BCUT2D eigenvalue weighted by molar-refractivity contribution is 7.46. The largest absolute Gasteiger partial charge is 0.316 e. The van der Waals surface area contributed by atoms with Gasteiger partial charge in [-0.05, 0) is 13.3 Å². The molecule has 1 heterocycles. The van der Waals surface area contributed by atoms with E-state index in [1.807, 2.05) is 36.4 Å². The van der Waals surface area contributed by atoms with E-state index in [0.717, 1.165) is 23.3 Å². The van der Waals surface area contributed by atoms with E-state index in [1.54, 1.807) is 0 Å². The molecule has 1 aliphatic rings. The Labute approximate surface area is 126 Å². The quantitative estimate of drug-likeness (QED) is 0.613. The molecule has 0 spiro atoms. The average Bonchev–Trinajstić information content (AvgIpc) is 2.54. The molecule has 0 aliphatic carbocycles.